The predicted octanol–water partition coefficient (Wildman–Crippen LogP) is 2.80. The van der Waals surface area contributed by atoms with Gasteiger partial charge in [-0.05, 0) is 37.1 Å². The molecule has 3 N–H and O–H groups in total. The largest absolute Gasteiger partial charge is 0.494 e. The normalized spacial score (nSPS) is 10.6. The molecule has 0 radical (unpaired) electrons. The fraction of sp³-hybridized carbons (Fsp3) is 0.444. The number of nitrogens with zero attached hydrogens (tertiary/aromatic N) is 1. The highest BCUT2D eigenvalue weighted by Crippen LogP contribution is 2.13. The second-order valence-corrected chi connectivity index (χ2v) is 6.46. The Hall–Kier alpha value is -1.92. The topological polar surface area (TPSA) is 77.2 Å². The summed E-state index contributed by atoms with van der Waals surface area (Å²) in [5, 5.41) is 5.59. The summed E-state index contributed by atoms with van der Waals surface area (Å²) >= 11 is 1.48. The Balaban J connectivity index is 1.73. The summed E-state index contributed by atoms with van der Waals surface area (Å²) in [7, 11) is 0. The van der Waals surface area contributed by atoms with Crippen molar-refractivity contribution in [2.24, 2.45) is 5.73 Å². The maximum Gasteiger partial charge on any atom is 0.270 e. The van der Waals surface area contributed by atoms with Crippen molar-refractivity contribution in [3.05, 3.63) is 45.9 Å². The molecule has 5 nitrogen and oxygen atoms in total. The summed E-state index contributed by atoms with van der Waals surface area (Å²) in [4.78, 5) is 16.3. The Morgan fingerprint density at radius 3 is 2.79 bits per heavy atom. The summed E-state index contributed by atoms with van der Waals surface area (Å²) in [6.07, 6.45) is 3.69. The van der Waals surface area contributed by atoms with E-state index >= 15 is 0 Å². The van der Waals surface area contributed by atoms with Crippen LogP contribution in [0.4, 0.5) is 0 Å². The third-order valence-electron chi connectivity index (χ3n) is 3.53. The molecule has 1 amide bonds. The smallest absolute Gasteiger partial charge is 0.270 e. The lowest BCUT2D eigenvalue weighted by Crippen LogP contribution is -2.26. The van der Waals surface area contributed by atoms with E-state index in [-0.39, 0.29) is 5.91 Å². The maximum absolute atomic E-state index is 12.0. The van der Waals surface area contributed by atoms with Gasteiger partial charge in [0.15, 0.2) is 0 Å². The first-order valence-corrected chi connectivity index (χ1v) is 9.25. The molecule has 2 aromatic rings. The van der Waals surface area contributed by atoms with Gasteiger partial charge in [-0.1, -0.05) is 25.5 Å². The van der Waals surface area contributed by atoms with Gasteiger partial charge in [0.05, 0.1) is 11.6 Å². The van der Waals surface area contributed by atoms with Crippen LogP contribution >= 0.6 is 11.3 Å². The number of nitrogens with one attached hydrogen (secondary N) is 1. The van der Waals surface area contributed by atoms with Gasteiger partial charge in [-0.25, -0.2) is 4.98 Å². The van der Waals surface area contributed by atoms with Crippen molar-refractivity contribution in [3.8, 4) is 5.75 Å². The van der Waals surface area contributed by atoms with Gasteiger partial charge in [0, 0.05) is 18.3 Å². The van der Waals surface area contributed by atoms with Gasteiger partial charge in [0.1, 0.15) is 11.4 Å². The van der Waals surface area contributed by atoms with E-state index in [9.17, 15) is 4.79 Å². The van der Waals surface area contributed by atoms with Crippen LogP contribution in [-0.2, 0) is 12.8 Å². The molecular formula is C18H25N3O2S. The number of amides is 1. The van der Waals surface area contributed by atoms with E-state index in [4.69, 9.17) is 10.5 Å². The van der Waals surface area contributed by atoms with Gasteiger partial charge in [-0.15, -0.1) is 11.3 Å². The van der Waals surface area contributed by atoms with Crippen LogP contribution in [0.15, 0.2) is 29.6 Å². The summed E-state index contributed by atoms with van der Waals surface area (Å²) in [6.45, 7) is 4.03. The molecule has 6 heteroatoms. The minimum atomic E-state index is -0.131. The van der Waals surface area contributed by atoms with Crippen molar-refractivity contribution in [2.45, 2.75) is 32.6 Å². The highest BCUT2D eigenvalue weighted by Gasteiger charge is 2.09. The molecule has 1 aromatic carbocycles. The average Bonchev–Trinajstić information content (AvgIpc) is 3.06. The Kier molecular flexibility index (Phi) is 7.71. The van der Waals surface area contributed by atoms with E-state index < -0.39 is 0 Å². The molecule has 0 atom stereocenters. The van der Waals surface area contributed by atoms with Crippen LogP contribution in [0.25, 0.3) is 0 Å². The van der Waals surface area contributed by atoms with Gasteiger partial charge in [0.25, 0.3) is 5.91 Å². The molecular weight excluding hydrogens is 322 g/mol. The zero-order valence-electron chi connectivity index (χ0n) is 14.1. The molecule has 1 aromatic heterocycles. The number of nitrogens with two attached hydrogens (primary N) is 1. The molecule has 0 aliphatic heterocycles. The standard InChI is InChI=1S/C18H25N3O2S/c1-2-3-12-23-15-6-4-14(5-7-15)9-11-20-18(22)16-13-24-17(21-16)8-10-19/h4-7,13H,2-3,8-12,19H2,1H3,(H,20,22). The molecule has 24 heavy (non-hydrogen) atoms. The van der Waals surface area contributed by atoms with Crippen molar-refractivity contribution in [2.75, 3.05) is 19.7 Å². The zero-order chi connectivity index (χ0) is 17.2. The van der Waals surface area contributed by atoms with E-state index in [0.29, 0.717) is 25.2 Å². The molecule has 0 spiro atoms. The van der Waals surface area contributed by atoms with E-state index in [1.165, 1.54) is 16.9 Å². The van der Waals surface area contributed by atoms with E-state index in [0.717, 1.165) is 36.6 Å². The van der Waals surface area contributed by atoms with Gasteiger partial charge in [-0.3, -0.25) is 4.79 Å². The monoisotopic (exact) mass is 347 g/mol. The van der Waals surface area contributed by atoms with Gasteiger partial charge >= 0.3 is 0 Å². The average molecular weight is 347 g/mol. The number of carbonyl (C=O) groups is 1. The summed E-state index contributed by atoms with van der Waals surface area (Å²) in [5.74, 6) is 0.764. The first-order chi connectivity index (χ1) is 11.7. The van der Waals surface area contributed by atoms with Crippen molar-refractivity contribution in [3.63, 3.8) is 0 Å². The lowest BCUT2D eigenvalue weighted by atomic mass is 10.1. The molecule has 2 rings (SSSR count). The second-order valence-electron chi connectivity index (χ2n) is 5.52. The lowest BCUT2D eigenvalue weighted by molar-refractivity contribution is 0.0949. The van der Waals surface area contributed by atoms with E-state index in [2.05, 4.69) is 17.2 Å². The van der Waals surface area contributed by atoms with E-state index in [1.807, 2.05) is 24.3 Å². The summed E-state index contributed by atoms with van der Waals surface area (Å²) in [5.41, 5.74) is 7.13. The van der Waals surface area contributed by atoms with Crippen molar-refractivity contribution in [1.29, 1.82) is 0 Å². The number of benzene rings is 1. The summed E-state index contributed by atoms with van der Waals surface area (Å²) < 4.78 is 5.64. The molecule has 0 saturated carbocycles. The third-order valence-corrected chi connectivity index (χ3v) is 4.44. The number of unbranched alkanes of at least 4 members (excludes halogenated alkanes) is 1. The highest BCUT2D eigenvalue weighted by atomic mass is 32.1. The maximum atomic E-state index is 12.0. The van der Waals surface area contributed by atoms with Crippen LogP contribution in [0.1, 0.15) is 40.8 Å². The lowest BCUT2D eigenvalue weighted by Gasteiger charge is -2.07. The fourth-order valence-electron chi connectivity index (χ4n) is 2.15. The molecule has 0 unspecified atom stereocenters. The molecule has 130 valence electrons. The SMILES string of the molecule is CCCCOc1ccc(CCNC(=O)c2csc(CCN)n2)cc1. The minimum Gasteiger partial charge on any atom is -0.494 e. The van der Waals surface area contributed by atoms with Crippen molar-refractivity contribution in [1.82, 2.24) is 10.3 Å². The second kappa shape index (κ2) is 10.1. The molecule has 0 fully saturated rings. The van der Waals surface area contributed by atoms with Gasteiger partial charge < -0.3 is 15.8 Å². The number of rotatable bonds is 10. The highest BCUT2D eigenvalue weighted by molar-refractivity contribution is 7.09. The van der Waals surface area contributed by atoms with Crippen LogP contribution in [-0.4, -0.2) is 30.6 Å². The van der Waals surface area contributed by atoms with Crippen LogP contribution in [0, 0.1) is 0 Å². The predicted molar refractivity (Wildman–Crippen MR) is 97.8 cm³/mol. The number of hydrogen-bond donors (Lipinski definition) is 2. The molecule has 0 bridgehead atoms. The van der Waals surface area contributed by atoms with Gasteiger partial charge in [-0.2, -0.15) is 0 Å². The number of carbonyl (C=O) groups excluding carboxylic acids is 1. The van der Waals surface area contributed by atoms with Crippen LogP contribution in [0.2, 0.25) is 0 Å². The Morgan fingerprint density at radius 2 is 2.08 bits per heavy atom. The molecule has 0 aliphatic rings. The van der Waals surface area contributed by atoms with Crippen LogP contribution < -0.4 is 15.8 Å². The fourth-order valence-corrected chi connectivity index (χ4v) is 2.95. The number of hydrogen-bond acceptors (Lipinski definition) is 5. The van der Waals surface area contributed by atoms with Crippen LogP contribution in [0.5, 0.6) is 5.75 Å². The first kappa shape index (κ1) is 18.4. The Bertz CT molecular complexity index is 625. The molecule has 0 saturated heterocycles. The number of thiazole rings is 1. The first-order valence-electron chi connectivity index (χ1n) is 8.37. The zero-order valence-corrected chi connectivity index (χ0v) is 14.9. The van der Waals surface area contributed by atoms with Crippen LogP contribution in [0.3, 0.4) is 0 Å². The number of aromatic nitrogens is 1. The van der Waals surface area contributed by atoms with Crippen molar-refractivity contribution >= 4 is 17.2 Å². The summed E-state index contributed by atoms with van der Waals surface area (Å²) in [6, 6.07) is 8.03. The minimum absolute atomic E-state index is 0.131. The Morgan fingerprint density at radius 1 is 1.29 bits per heavy atom. The quantitative estimate of drug-likeness (QED) is 0.648. The Labute approximate surface area is 147 Å². The molecule has 0 aliphatic carbocycles. The number of ether oxygens (including phenoxy) is 1. The third kappa shape index (κ3) is 5.94. The van der Waals surface area contributed by atoms with Crippen molar-refractivity contribution < 1.29 is 9.53 Å². The van der Waals surface area contributed by atoms with Gasteiger partial charge in [0.2, 0.25) is 0 Å². The van der Waals surface area contributed by atoms with E-state index in [1.54, 1.807) is 5.38 Å². The molecule has 1 heterocycles.